The molecule has 2 aliphatic rings. The Bertz CT molecular complexity index is 616. The highest BCUT2D eigenvalue weighted by Crippen LogP contribution is 2.52. The predicted octanol–water partition coefficient (Wildman–Crippen LogP) is 2.53. The van der Waals surface area contributed by atoms with Crippen molar-refractivity contribution in [3.63, 3.8) is 0 Å². The van der Waals surface area contributed by atoms with Gasteiger partial charge in [-0.15, -0.1) is 0 Å². The van der Waals surface area contributed by atoms with Crippen LogP contribution in [-0.4, -0.2) is 48.8 Å². The summed E-state index contributed by atoms with van der Waals surface area (Å²) in [5.41, 5.74) is 2.92. The Morgan fingerprint density at radius 2 is 1.87 bits per heavy atom. The summed E-state index contributed by atoms with van der Waals surface area (Å²) in [7, 11) is 3.65. The van der Waals surface area contributed by atoms with Crippen molar-refractivity contribution in [3.05, 3.63) is 35.4 Å². The highest BCUT2D eigenvalue weighted by Gasteiger charge is 2.45. The van der Waals surface area contributed by atoms with Crippen molar-refractivity contribution in [2.45, 2.75) is 43.9 Å². The molecule has 1 aromatic rings. The summed E-state index contributed by atoms with van der Waals surface area (Å²) in [4.78, 5) is 27.4. The number of benzene rings is 1. The summed E-state index contributed by atoms with van der Waals surface area (Å²) in [6, 6.07) is 8.61. The fourth-order valence-corrected chi connectivity index (χ4v) is 4.33. The molecule has 1 aliphatic carbocycles. The first-order chi connectivity index (χ1) is 10.9. The van der Waals surface area contributed by atoms with Gasteiger partial charge < -0.3 is 9.80 Å². The van der Waals surface area contributed by atoms with Crippen molar-refractivity contribution in [3.8, 4) is 0 Å². The molecule has 1 fully saturated rings. The lowest BCUT2D eigenvalue weighted by Gasteiger charge is -2.40. The first kappa shape index (κ1) is 16.0. The minimum absolute atomic E-state index is 0.153. The van der Waals surface area contributed by atoms with Crippen molar-refractivity contribution in [1.29, 1.82) is 0 Å². The minimum Gasteiger partial charge on any atom is -0.349 e. The number of fused-ring (bicyclic) bond motifs is 2. The normalized spacial score (nSPS) is 22.0. The zero-order valence-corrected chi connectivity index (χ0v) is 14.3. The molecule has 1 spiro atoms. The van der Waals surface area contributed by atoms with Gasteiger partial charge in [-0.1, -0.05) is 24.3 Å². The molecule has 1 aromatic carbocycles. The van der Waals surface area contributed by atoms with Crippen molar-refractivity contribution in [2.24, 2.45) is 0 Å². The van der Waals surface area contributed by atoms with Gasteiger partial charge in [0, 0.05) is 40.5 Å². The lowest BCUT2D eigenvalue weighted by Crippen LogP contribution is -2.43. The van der Waals surface area contributed by atoms with E-state index < -0.39 is 0 Å². The number of hydrogen-bond donors (Lipinski definition) is 0. The Morgan fingerprint density at radius 1 is 1.22 bits per heavy atom. The molecule has 1 aliphatic heterocycles. The maximum absolute atomic E-state index is 12.2. The minimum atomic E-state index is 0.153. The maximum atomic E-state index is 12.2. The standard InChI is InChI=1S/C19H26N2O2/c1-14(22)21-10-8-19(9-11-21)13-15(12-18(23)20(2)3)16-6-4-5-7-17(16)19/h4-7,15H,8-13H2,1-3H3/t15-/m1/s1. The van der Waals surface area contributed by atoms with E-state index in [0.29, 0.717) is 12.3 Å². The van der Waals surface area contributed by atoms with Crippen LogP contribution < -0.4 is 0 Å². The molecule has 2 amide bonds. The number of carbonyl (C=O) groups is 2. The van der Waals surface area contributed by atoms with Gasteiger partial charge in [0.05, 0.1) is 0 Å². The molecule has 4 nitrogen and oxygen atoms in total. The van der Waals surface area contributed by atoms with Crippen LogP contribution in [0.1, 0.15) is 49.7 Å². The van der Waals surface area contributed by atoms with E-state index in [0.717, 1.165) is 32.4 Å². The Labute approximate surface area is 138 Å². The molecule has 0 aromatic heterocycles. The molecule has 0 unspecified atom stereocenters. The maximum Gasteiger partial charge on any atom is 0.222 e. The highest BCUT2D eigenvalue weighted by molar-refractivity contribution is 5.77. The topological polar surface area (TPSA) is 40.6 Å². The summed E-state index contributed by atoms with van der Waals surface area (Å²) in [6.45, 7) is 3.31. The summed E-state index contributed by atoms with van der Waals surface area (Å²) < 4.78 is 0. The van der Waals surface area contributed by atoms with E-state index in [9.17, 15) is 9.59 Å². The highest BCUT2D eigenvalue weighted by atomic mass is 16.2. The summed E-state index contributed by atoms with van der Waals surface area (Å²) >= 11 is 0. The molecule has 124 valence electrons. The SMILES string of the molecule is CC(=O)N1CCC2(CC1)C[C@@H](CC(=O)N(C)C)c1ccccc12. The van der Waals surface area contributed by atoms with E-state index in [2.05, 4.69) is 24.3 Å². The van der Waals surface area contributed by atoms with Gasteiger partial charge in [-0.3, -0.25) is 9.59 Å². The first-order valence-electron chi connectivity index (χ1n) is 8.48. The molecule has 0 N–H and O–H groups in total. The second-order valence-corrected chi connectivity index (χ2v) is 7.27. The monoisotopic (exact) mass is 314 g/mol. The molecule has 0 bridgehead atoms. The average molecular weight is 314 g/mol. The third-order valence-corrected chi connectivity index (χ3v) is 5.69. The molecular weight excluding hydrogens is 288 g/mol. The van der Waals surface area contributed by atoms with Gasteiger partial charge >= 0.3 is 0 Å². The van der Waals surface area contributed by atoms with E-state index in [1.807, 2.05) is 19.0 Å². The summed E-state index contributed by atoms with van der Waals surface area (Å²) in [5.74, 6) is 0.679. The van der Waals surface area contributed by atoms with E-state index >= 15 is 0 Å². The van der Waals surface area contributed by atoms with Crippen molar-refractivity contribution in [2.75, 3.05) is 27.2 Å². The molecule has 0 saturated carbocycles. The van der Waals surface area contributed by atoms with E-state index in [4.69, 9.17) is 0 Å². The van der Waals surface area contributed by atoms with Gasteiger partial charge in [-0.05, 0) is 41.7 Å². The molecule has 23 heavy (non-hydrogen) atoms. The molecule has 1 atom stereocenters. The number of likely N-dealkylation sites (tertiary alicyclic amines) is 1. The third-order valence-electron chi connectivity index (χ3n) is 5.69. The van der Waals surface area contributed by atoms with Crippen molar-refractivity contribution in [1.82, 2.24) is 9.80 Å². The number of amides is 2. The predicted molar refractivity (Wildman–Crippen MR) is 90.3 cm³/mol. The van der Waals surface area contributed by atoms with Crippen LogP contribution in [0.3, 0.4) is 0 Å². The summed E-state index contributed by atoms with van der Waals surface area (Å²) in [6.07, 6.45) is 3.65. The van der Waals surface area contributed by atoms with Gasteiger partial charge in [0.25, 0.3) is 0 Å². The fraction of sp³-hybridized carbons (Fsp3) is 0.579. The van der Waals surface area contributed by atoms with Gasteiger partial charge in [-0.25, -0.2) is 0 Å². The zero-order valence-electron chi connectivity index (χ0n) is 14.3. The lowest BCUT2D eigenvalue weighted by atomic mass is 9.73. The van der Waals surface area contributed by atoms with E-state index in [1.165, 1.54) is 11.1 Å². The fourth-order valence-electron chi connectivity index (χ4n) is 4.33. The van der Waals surface area contributed by atoms with Crippen LogP contribution in [0, 0.1) is 0 Å². The zero-order chi connectivity index (χ0) is 16.6. The van der Waals surface area contributed by atoms with Gasteiger partial charge in [0.2, 0.25) is 11.8 Å². The van der Waals surface area contributed by atoms with E-state index in [-0.39, 0.29) is 17.2 Å². The number of rotatable bonds is 2. The van der Waals surface area contributed by atoms with Crippen LogP contribution >= 0.6 is 0 Å². The summed E-state index contributed by atoms with van der Waals surface area (Å²) in [5, 5.41) is 0. The Hall–Kier alpha value is -1.84. The molecule has 0 radical (unpaired) electrons. The van der Waals surface area contributed by atoms with Gasteiger partial charge in [0.1, 0.15) is 0 Å². The molecule has 3 rings (SSSR count). The Kier molecular flexibility index (Phi) is 4.17. The second-order valence-electron chi connectivity index (χ2n) is 7.27. The van der Waals surface area contributed by atoms with Crippen molar-refractivity contribution < 1.29 is 9.59 Å². The molecule has 1 heterocycles. The second kappa shape index (κ2) is 5.99. The third kappa shape index (κ3) is 2.87. The number of nitrogens with zero attached hydrogens (tertiary/aromatic N) is 2. The van der Waals surface area contributed by atoms with Gasteiger partial charge in [0.15, 0.2) is 0 Å². The van der Waals surface area contributed by atoms with Crippen LogP contribution in [-0.2, 0) is 15.0 Å². The Balaban J connectivity index is 1.84. The van der Waals surface area contributed by atoms with Crippen LogP contribution in [0.25, 0.3) is 0 Å². The number of hydrogen-bond acceptors (Lipinski definition) is 2. The molecular formula is C19H26N2O2. The number of piperidine rings is 1. The van der Waals surface area contributed by atoms with E-state index in [1.54, 1.807) is 11.8 Å². The van der Waals surface area contributed by atoms with Crippen LogP contribution in [0.4, 0.5) is 0 Å². The first-order valence-corrected chi connectivity index (χ1v) is 8.48. The molecule has 4 heteroatoms. The number of carbonyl (C=O) groups excluding carboxylic acids is 2. The Morgan fingerprint density at radius 3 is 2.48 bits per heavy atom. The lowest BCUT2D eigenvalue weighted by molar-refractivity contribution is -0.130. The average Bonchev–Trinajstić information content (AvgIpc) is 2.82. The quantitative estimate of drug-likeness (QED) is 0.841. The molecule has 1 saturated heterocycles. The van der Waals surface area contributed by atoms with Crippen molar-refractivity contribution >= 4 is 11.8 Å². The van der Waals surface area contributed by atoms with Crippen LogP contribution in [0.5, 0.6) is 0 Å². The van der Waals surface area contributed by atoms with Crippen LogP contribution in [0.2, 0.25) is 0 Å². The van der Waals surface area contributed by atoms with Crippen LogP contribution in [0.15, 0.2) is 24.3 Å². The van der Waals surface area contributed by atoms with Gasteiger partial charge in [-0.2, -0.15) is 0 Å². The smallest absolute Gasteiger partial charge is 0.222 e. The largest absolute Gasteiger partial charge is 0.349 e.